The minimum absolute atomic E-state index is 0.201. The van der Waals surface area contributed by atoms with E-state index in [9.17, 15) is 8.42 Å². The van der Waals surface area contributed by atoms with Gasteiger partial charge in [-0.05, 0) is 26.2 Å². The molecule has 106 valence electrons. The summed E-state index contributed by atoms with van der Waals surface area (Å²) in [5.74, 6) is 2.13. The van der Waals surface area contributed by atoms with Crippen LogP contribution in [0.2, 0.25) is 0 Å². The zero-order valence-corrected chi connectivity index (χ0v) is 12.3. The zero-order valence-electron chi connectivity index (χ0n) is 11.5. The highest BCUT2D eigenvalue weighted by Crippen LogP contribution is 2.17. The molecule has 1 aliphatic heterocycles. The number of hydrogen-bond donors (Lipinski definition) is 1. The number of hydrogen-bond acceptors (Lipinski definition) is 5. The van der Waals surface area contributed by atoms with Crippen molar-refractivity contribution in [1.82, 2.24) is 9.97 Å². The van der Waals surface area contributed by atoms with Crippen LogP contribution in [0.3, 0.4) is 0 Å². The van der Waals surface area contributed by atoms with E-state index in [0.717, 1.165) is 30.2 Å². The van der Waals surface area contributed by atoms with Crippen molar-refractivity contribution >= 4 is 15.7 Å². The maximum Gasteiger partial charge on any atom is 0.150 e. The minimum atomic E-state index is -2.81. The molecule has 0 aliphatic carbocycles. The van der Waals surface area contributed by atoms with Gasteiger partial charge in [0, 0.05) is 17.8 Å². The van der Waals surface area contributed by atoms with Gasteiger partial charge in [0.05, 0.1) is 11.5 Å². The number of nitrogens with zero attached hydrogens (tertiary/aromatic N) is 2. The fourth-order valence-corrected chi connectivity index (χ4v) is 3.82. The van der Waals surface area contributed by atoms with E-state index in [0.29, 0.717) is 12.8 Å². The maximum atomic E-state index is 11.4. The molecule has 1 N–H and O–H groups in total. The van der Waals surface area contributed by atoms with Gasteiger partial charge in [-0.1, -0.05) is 13.3 Å². The van der Waals surface area contributed by atoms with Crippen molar-refractivity contribution in [1.29, 1.82) is 0 Å². The van der Waals surface area contributed by atoms with Gasteiger partial charge in [-0.2, -0.15) is 0 Å². The standard InChI is InChI=1S/C13H21N3O2S/c1-3-4-12-9-13(15-10(2)14-12)16-11-5-7-19(17,18)8-6-11/h9,11H,3-8H2,1-2H3,(H,14,15,16). The van der Waals surface area contributed by atoms with Crippen LogP contribution >= 0.6 is 0 Å². The van der Waals surface area contributed by atoms with Crippen LogP contribution in [0, 0.1) is 6.92 Å². The fraction of sp³-hybridized carbons (Fsp3) is 0.692. The summed E-state index contributed by atoms with van der Waals surface area (Å²) in [4.78, 5) is 8.77. The summed E-state index contributed by atoms with van der Waals surface area (Å²) < 4.78 is 22.8. The van der Waals surface area contributed by atoms with Gasteiger partial charge in [-0.25, -0.2) is 18.4 Å². The third-order valence-corrected chi connectivity index (χ3v) is 5.02. The van der Waals surface area contributed by atoms with E-state index < -0.39 is 9.84 Å². The van der Waals surface area contributed by atoms with Crippen molar-refractivity contribution in [2.45, 2.75) is 45.6 Å². The summed E-state index contributed by atoms with van der Waals surface area (Å²) >= 11 is 0. The molecule has 1 saturated heterocycles. The van der Waals surface area contributed by atoms with Crippen LogP contribution in [-0.2, 0) is 16.3 Å². The van der Waals surface area contributed by atoms with Crippen molar-refractivity contribution < 1.29 is 8.42 Å². The first-order valence-corrected chi connectivity index (χ1v) is 8.62. The van der Waals surface area contributed by atoms with E-state index in [1.807, 2.05) is 13.0 Å². The van der Waals surface area contributed by atoms with Crippen LogP contribution in [0.5, 0.6) is 0 Å². The average molecular weight is 283 g/mol. The molecule has 5 nitrogen and oxygen atoms in total. The largest absolute Gasteiger partial charge is 0.367 e. The van der Waals surface area contributed by atoms with E-state index in [1.165, 1.54) is 0 Å². The molecule has 0 atom stereocenters. The molecular formula is C13H21N3O2S. The van der Waals surface area contributed by atoms with Crippen LogP contribution in [0.1, 0.15) is 37.7 Å². The van der Waals surface area contributed by atoms with Gasteiger partial charge >= 0.3 is 0 Å². The Kier molecular flexibility index (Phi) is 4.39. The Bertz CT molecular complexity index is 529. The normalized spacial score (nSPS) is 19.3. The van der Waals surface area contributed by atoms with Gasteiger partial charge in [-0.3, -0.25) is 0 Å². The molecule has 1 fully saturated rings. The SMILES string of the molecule is CCCc1cc(NC2CCS(=O)(=O)CC2)nc(C)n1. The lowest BCUT2D eigenvalue weighted by atomic mass is 10.1. The van der Waals surface area contributed by atoms with E-state index in [4.69, 9.17) is 0 Å². The molecule has 0 unspecified atom stereocenters. The summed E-state index contributed by atoms with van der Waals surface area (Å²) in [5, 5.41) is 3.34. The number of nitrogens with one attached hydrogen (secondary N) is 1. The van der Waals surface area contributed by atoms with Crippen LogP contribution in [0.25, 0.3) is 0 Å². The first-order valence-electron chi connectivity index (χ1n) is 6.80. The highest BCUT2D eigenvalue weighted by molar-refractivity contribution is 7.91. The predicted octanol–water partition coefficient (Wildman–Crippen LogP) is 1.73. The summed E-state index contributed by atoms with van der Waals surface area (Å²) in [5.41, 5.74) is 1.04. The van der Waals surface area contributed by atoms with Crippen LogP contribution in [0.4, 0.5) is 5.82 Å². The quantitative estimate of drug-likeness (QED) is 0.911. The highest BCUT2D eigenvalue weighted by atomic mass is 32.2. The van der Waals surface area contributed by atoms with Gasteiger partial charge < -0.3 is 5.32 Å². The van der Waals surface area contributed by atoms with Crippen molar-refractivity contribution in [3.63, 3.8) is 0 Å². The van der Waals surface area contributed by atoms with Crippen molar-refractivity contribution in [3.8, 4) is 0 Å². The second-order valence-corrected chi connectivity index (χ2v) is 7.42. The summed E-state index contributed by atoms with van der Waals surface area (Å²) in [6.45, 7) is 4.01. The molecule has 1 aromatic rings. The molecule has 2 heterocycles. The third kappa shape index (κ3) is 4.16. The molecule has 0 spiro atoms. The van der Waals surface area contributed by atoms with E-state index in [-0.39, 0.29) is 17.5 Å². The molecule has 0 radical (unpaired) electrons. The molecule has 0 aromatic carbocycles. The number of rotatable bonds is 4. The molecule has 0 bridgehead atoms. The lowest BCUT2D eigenvalue weighted by Gasteiger charge is -2.23. The van der Waals surface area contributed by atoms with Crippen molar-refractivity contribution in [3.05, 3.63) is 17.6 Å². The van der Waals surface area contributed by atoms with Gasteiger partial charge in [0.15, 0.2) is 0 Å². The predicted molar refractivity (Wildman–Crippen MR) is 76.1 cm³/mol. The Balaban J connectivity index is 2.03. The first kappa shape index (κ1) is 14.2. The number of aryl methyl sites for hydroxylation is 2. The van der Waals surface area contributed by atoms with Gasteiger partial charge in [-0.15, -0.1) is 0 Å². The molecule has 2 rings (SSSR count). The molecule has 6 heteroatoms. The Labute approximate surface area is 114 Å². The number of anilines is 1. The van der Waals surface area contributed by atoms with Gasteiger partial charge in [0.25, 0.3) is 0 Å². The van der Waals surface area contributed by atoms with Gasteiger partial charge in [0.1, 0.15) is 21.5 Å². The lowest BCUT2D eigenvalue weighted by Crippen LogP contribution is -2.32. The molecule has 19 heavy (non-hydrogen) atoms. The third-order valence-electron chi connectivity index (χ3n) is 3.30. The lowest BCUT2D eigenvalue weighted by molar-refractivity contribution is 0.559. The minimum Gasteiger partial charge on any atom is -0.367 e. The van der Waals surface area contributed by atoms with Crippen LogP contribution in [0.15, 0.2) is 6.07 Å². The molecule has 0 amide bonds. The Morgan fingerprint density at radius 3 is 2.63 bits per heavy atom. The van der Waals surface area contributed by atoms with E-state index >= 15 is 0 Å². The maximum absolute atomic E-state index is 11.4. The van der Waals surface area contributed by atoms with Gasteiger partial charge in [0.2, 0.25) is 0 Å². The van der Waals surface area contributed by atoms with Crippen LogP contribution < -0.4 is 5.32 Å². The fourth-order valence-electron chi connectivity index (χ4n) is 2.33. The highest BCUT2D eigenvalue weighted by Gasteiger charge is 2.23. The molecule has 0 saturated carbocycles. The second-order valence-electron chi connectivity index (χ2n) is 5.11. The first-order chi connectivity index (χ1) is 8.98. The summed E-state index contributed by atoms with van der Waals surface area (Å²) in [6, 6.07) is 2.17. The summed E-state index contributed by atoms with van der Waals surface area (Å²) in [7, 11) is -2.81. The smallest absolute Gasteiger partial charge is 0.150 e. The Morgan fingerprint density at radius 2 is 2.00 bits per heavy atom. The van der Waals surface area contributed by atoms with Crippen LogP contribution in [-0.4, -0.2) is 35.9 Å². The van der Waals surface area contributed by atoms with Crippen molar-refractivity contribution in [2.24, 2.45) is 0 Å². The van der Waals surface area contributed by atoms with E-state index in [2.05, 4.69) is 22.2 Å². The number of aromatic nitrogens is 2. The molecule has 1 aromatic heterocycles. The topological polar surface area (TPSA) is 72.0 Å². The zero-order chi connectivity index (χ0) is 13.9. The second kappa shape index (κ2) is 5.86. The Hall–Kier alpha value is -1.17. The monoisotopic (exact) mass is 283 g/mol. The Morgan fingerprint density at radius 1 is 1.32 bits per heavy atom. The summed E-state index contributed by atoms with van der Waals surface area (Å²) in [6.07, 6.45) is 3.32. The molecule has 1 aliphatic rings. The van der Waals surface area contributed by atoms with E-state index in [1.54, 1.807) is 0 Å². The van der Waals surface area contributed by atoms with Crippen molar-refractivity contribution in [2.75, 3.05) is 16.8 Å². The average Bonchev–Trinajstić information content (AvgIpc) is 2.32. The molecular weight excluding hydrogens is 262 g/mol. The number of sulfone groups is 1.